The molecule has 0 saturated carbocycles. The van der Waals surface area contributed by atoms with Gasteiger partial charge in [0.05, 0.1) is 6.42 Å². The van der Waals surface area contributed by atoms with Crippen LogP contribution in [0.1, 0.15) is 20.3 Å². The summed E-state index contributed by atoms with van der Waals surface area (Å²) in [4.78, 5) is 57.3. The number of nitrogens with zero attached hydrogens (tertiary/aromatic N) is 1. The summed E-state index contributed by atoms with van der Waals surface area (Å²) in [5, 5.41) is 13.2. The van der Waals surface area contributed by atoms with Gasteiger partial charge in [0.25, 0.3) is 5.91 Å². The predicted molar refractivity (Wildman–Crippen MR) is 67.7 cm³/mol. The van der Waals surface area contributed by atoms with Crippen molar-refractivity contribution >= 4 is 29.7 Å². The number of amides is 5. The number of nitrogens with two attached hydrogens (primary N) is 1. The molecule has 10 heteroatoms. The Hall–Kier alpha value is -2.65. The molecule has 0 bridgehead atoms. The maximum atomic E-state index is 11.8. The molecule has 1 atom stereocenters. The molecule has 1 fully saturated rings. The van der Waals surface area contributed by atoms with Crippen LogP contribution in [0.5, 0.6) is 0 Å². The normalized spacial score (nSPS) is 18.1. The average Bonchev–Trinajstić information content (AvgIpc) is 2.50. The fourth-order valence-corrected chi connectivity index (χ4v) is 1.75. The van der Waals surface area contributed by atoms with Gasteiger partial charge in [0.15, 0.2) is 0 Å². The fourth-order valence-electron chi connectivity index (χ4n) is 1.75. The molecule has 1 saturated heterocycles. The molecule has 1 aliphatic rings. The number of rotatable bonds is 6. The predicted octanol–water partition coefficient (Wildman–Crippen LogP) is -2.24. The molecule has 5 N–H and O–H groups in total. The second-order valence-corrected chi connectivity index (χ2v) is 5.08. The number of nitrogens with one attached hydrogen (secondary N) is 2. The summed E-state index contributed by atoms with van der Waals surface area (Å²) in [6.07, 6.45) is -0.591. The van der Waals surface area contributed by atoms with Gasteiger partial charge in [-0.2, -0.15) is 0 Å². The van der Waals surface area contributed by atoms with E-state index in [0.29, 0.717) is 4.90 Å². The molecule has 0 aliphatic carbocycles. The maximum Gasteiger partial charge on any atom is 0.326 e. The first-order valence-electron chi connectivity index (χ1n) is 5.99. The smallest absolute Gasteiger partial charge is 0.326 e. The van der Waals surface area contributed by atoms with E-state index in [9.17, 15) is 24.0 Å². The lowest BCUT2D eigenvalue weighted by molar-refractivity contribution is -0.143. The number of aliphatic carboxylic acids is 1. The summed E-state index contributed by atoms with van der Waals surface area (Å²) in [6, 6.07) is -2.26. The van der Waals surface area contributed by atoms with Crippen LogP contribution in [0.15, 0.2) is 0 Å². The van der Waals surface area contributed by atoms with Gasteiger partial charge in [-0.15, -0.1) is 0 Å². The van der Waals surface area contributed by atoms with Crippen LogP contribution < -0.4 is 16.4 Å². The molecule has 0 radical (unpaired) electrons. The van der Waals surface area contributed by atoms with Gasteiger partial charge in [0, 0.05) is 0 Å². The third kappa shape index (κ3) is 3.91. The second-order valence-electron chi connectivity index (χ2n) is 5.08. The van der Waals surface area contributed by atoms with Gasteiger partial charge in [-0.05, 0) is 13.8 Å². The molecule has 0 aromatic carbocycles. The lowest BCUT2D eigenvalue weighted by Gasteiger charge is -2.17. The van der Waals surface area contributed by atoms with Crippen molar-refractivity contribution in [1.82, 2.24) is 15.5 Å². The van der Waals surface area contributed by atoms with Gasteiger partial charge in [-0.25, -0.2) is 9.59 Å². The summed E-state index contributed by atoms with van der Waals surface area (Å²) in [5.41, 5.74) is 3.74. The summed E-state index contributed by atoms with van der Waals surface area (Å²) in [5.74, 6) is -3.84. The number of imide groups is 1. The van der Waals surface area contributed by atoms with Crippen molar-refractivity contribution in [3.05, 3.63) is 0 Å². The molecule has 0 aromatic rings. The summed E-state index contributed by atoms with van der Waals surface area (Å²) in [6.45, 7) is 2.30. The highest BCUT2D eigenvalue weighted by Gasteiger charge is 2.45. The minimum atomic E-state index is -1.51. The Morgan fingerprint density at radius 2 is 1.95 bits per heavy atom. The van der Waals surface area contributed by atoms with Gasteiger partial charge in [0.1, 0.15) is 18.1 Å². The molecule has 1 aliphatic heterocycles. The van der Waals surface area contributed by atoms with Crippen molar-refractivity contribution in [3.8, 4) is 0 Å². The van der Waals surface area contributed by atoms with Gasteiger partial charge in [-0.1, -0.05) is 0 Å². The van der Waals surface area contributed by atoms with Gasteiger partial charge < -0.3 is 21.5 Å². The zero-order valence-corrected chi connectivity index (χ0v) is 11.5. The van der Waals surface area contributed by atoms with Gasteiger partial charge >= 0.3 is 12.0 Å². The number of hydrogen-bond donors (Lipinski definition) is 4. The van der Waals surface area contributed by atoms with Crippen molar-refractivity contribution in [2.75, 3.05) is 6.54 Å². The minimum absolute atomic E-state index is 0.591. The number of carboxylic acid groups (broad SMARTS) is 1. The second kappa shape index (κ2) is 5.77. The van der Waals surface area contributed by atoms with E-state index < -0.39 is 54.3 Å². The van der Waals surface area contributed by atoms with E-state index in [2.05, 4.69) is 5.32 Å². The van der Waals surface area contributed by atoms with Gasteiger partial charge in [0.2, 0.25) is 11.8 Å². The molecule has 0 spiro atoms. The average molecular weight is 300 g/mol. The van der Waals surface area contributed by atoms with Crippen LogP contribution in [0.4, 0.5) is 4.79 Å². The summed E-state index contributed by atoms with van der Waals surface area (Å²) >= 11 is 0. The molecule has 0 unspecified atom stereocenters. The van der Waals surface area contributed by atoms with Crippen LogP contribution in [0, 0.1) is 0 Å². The lowest BCUT2D eigenvalue weighted by atomic mass is 10.1. The van der Waals surface area contributed by atoms with Crippen LogP contribution in [0.3, 0.4) is 0 Å². The fraction of sp³-hybridized carbons (Fsp3) is 0.545. The first kappa shape index (κ1) is 16.4. The van der Waals surface area contributed by atoms with E-state index in [1.165, 1.54) is 13.8 Å². The summed E-state index contributed by atoms with van der Waals surface area (Å²) < 4.78 is 0. The quantitative estimate of drug-likeness (QED) is 0.406. The molecule has 1 rings (SSSR count). The molecule has 116 valence electrons. The Morgan fingerprint density at radius 1 is 1.38 bits per heavy atom. The Kier molecular flexibility index (Phi) is 4.51. The monoisotopic (exact) mass is 300 g/mol. The Labute approximate surface area is 119 Å². The number of carbonyl (C=O) groups excluding carboxylic acids is 4. The summed E-state index contributed by atoms with van der Waals surface area (Å²) in [7, 11) is 0. The molecule has 0 aromatic heterocycles. The van der Waals surface area contributed by atoms with Crippen LogP contribution in [0.2, 0.25) is 0 Å². The zero-order valence-electron chi connectivity index (χ0n) is 11.5. The van der Waals surface area contributed by atoms with Gasteiger partial charge in [-0.3, -0.25) is 19.3 Å². The number of primary amides is 1. The van der Waals surface area contributed by atoms with Crippen LogP contribution >= 0.6 is 0 Å². The molecular weight excluding hydrogens is 284 g/mol. The maximum absolute atomic E-state index is 11.8. The molecular formula is C11H16N4O6. The first-order valence-corrected chi connectivity index (χ1v) is 5.99. The van der Waals surface area contributed by atoms with Crippen molar-refractivity contribution in [2.24, 2.45) is 5.73 Å². The molecule has 5 amide bonds. The third-order valence-electron chi connectivity index (χ3n) is 2.78. The van der Waals surface area contributed by atoms with E-state index in [1.807, 2.05) is 5.32 Å². The van der Waals surface area contributed by atoms with Crippen molar-refractivity contribution in [3.63, 3.8) is 0 Å². The highest BCUT2D eigenvalue weighted by atomic mass is 16.4. The van der Waals surface area contributed by atoms with Crippen molar-refractivity contribution in [2.45, 2.75) is 31.8 Å². The number of hydrogen-bond acceptors (Lipinski definition) is 5. The number of carboxylic acids is 1. The zero-order chi connectivity index (χ0) is 16.4. The highest BCUT2D eigenvalue weighted by Crippen LogP contribution is 2.15. The van der Waals surface area contributed by atoms with Crippen LogP contribution in [0.25, 0.3) is 0 Å². The van der Waals surface area contributed by atoms with Crippen LogP contribution in [-0.2, 0) is 19.2 Å². The molecule has 21 heavy (non-hydrogen) atoms. The van der Waals surface area contributed by atoms with E-state index in [1.54, 1.807) is 0 Å². The molecule has 1 heterocycles. The van der Waals surface area contributed by atoms with E-state index in [-0.39, 0.29) is 0 Å². The number of urea groups is 1. The Morgan fingerprint density at radius 3 is 2.33 bits per heavy atom. The first-order chi connectivity index (χ1) is 9.54. The van der Waals surface area contributed by atoms with E-state index in [4.69, 9.17) is 10.8 Å². The third-order valence-corrected chi connectivity index (χ3v) is 2.78. The SMILES string of the molecule is CC1(C)NC(=O)N(CC(=O)N[C@H](CC(N)=O)C(=O)O)C1=O. The standard InChI is InChI=1S/C11H16N4O6/c1-11(2)9(20)15(10(21)14-11)4-7(17)13-5(8(18)19)3-6(12)16/h5H,3-4H2,1-2H3,(H2,12,16)(H,13,17)(H,14,21)(H,18,19)/t5-/m1/s1. The molecule has 10 nitrogen and oxygen atoms in total. The van der Waals surface area contributed by atoms with E-state index in [0.717, 1.165) is 0 Å². The van der Waals surface area contributed by atoms with E-state index >= 15 is 0 Å². The lowest BCUT2D eigenvalue weighted by Crippen LogP contribution is -2.48. The Bertz CT molecular complexity index is 515. The van der Waals surface area contributed by atoms with Crippen molar-refractivity contribution < 1.29 is 29.1 Å². The minimum Gasteiger partial charge on any atom is -0.480 e. The van der Waals surface area contributed by atoms with Crippen molar-refractivity contribution in [1.29, 1.82) is 0 Å². The number of carbonyl (C=O) groups is 5. The van der Waals surface area contributed by atoms with Crippen LogP contribution in [-0.4, -0.2) is 57.9 Å². The largest absolute Gasteiger partial charge is 0.480 e. The highest BCUT2D eigenvalue weighted by molar-refractivity contribution is 6.08. The topological polar surface area (TPSA) is 159 Å². The Balaban J connectivity index is 2.69.